The molecule has 0 aliphatic carbocycles. The first-order valence-electron chi connectivity index (χ1n) is 6.03. The lowest BCUT2D eigenvalue weighted by Gasteiger charge is -2.08. The van der Waals surface area contributed by atoms with Crippen molar-refractivity contribution in [1.29, 1.82) is 0 Å². The minimum absolute atomic E-state index is 0.215. The summed E-state index contributed by atoms with van der Waals surface area (Å²) in [6, 6.07) is 10.3. The van der Waals surface area contributed by atoms with Crippen LogP contribution in [-0.2, 0) is 16.0 Å². The lowest BCUT2D eigenvalue weighted by molar-refractivity contribution is -0.138. The molecule has 0 spiro atoms. The lowest BCUT2D eigenvalue weighted by atomic mass is 9.99. The standard InChI is InChI=1S/C15H20O2/c1-4-17-15(16)13(3)10-12(2)11-14-8-6-5-7-9-14/h5-10,12H,4,11H2,1-3H3/b13-10+/t12-/m1/s1. The van der Waals surface area contributed by atoms with E-state index in [1.807, 2.05) is 31.2 Å². The zero-order chi connectivity index (χ0) is 12.7. The fourth-order valence-electron chi connectivity index (χ4n) is 1.78. The Balaban J connectivity index is 2.56. The smallest absolute Gasteiger partial charge is 0.333 e. The Labute approximate surface area is 103 Å². The number of esters is 1. The Kier molecular flexibility index (Phi) is 5.47. The molecular formula is C15H20O2. The van der Waals surface area contributed by atoms with Gasteiger partial charge in [-0.05, 0) is 31.7 Å². The Morgan fingerprint density at radius 1 is 1.35 bits per heavy atom. The maximum Gasteiger partial charge on any atom is 0.333 e. The molecule has 0 bridgehead atoms. The highest BCUT2D eigenvalue weighted by Gasteiger charge is 2.07. The van der Waals surface area contributed by atoms with E-state index >= 15 is 0 Å². The van der Waals surface area contributed by atoms with Crippen LogP contribution >= 0.6 is 0 Å². The van der Waals surface area contributed by atoms with Crippen LogP contribution in [0.15, 0.2) is 42.0 Å². The SMILES string of the molecule is CCOC(=O)/C(C)=C/[C@@H](C)Cc1ccccc1. The summed E-state index contributed by atoms with van der Waals surface area (Å²) >= 11 is 0. The number of hydrogen-bond acceptors (Lipinski definition) is 2. The van der Waals surface area contributed by atoms with E-state index in [4.69, 9.17) is 4.74 Å². The van der Waals surface area contributed by atoms with Gasteiger partial charge in [0.05, 0.1) is 6.61 Å². The molecule has 1 aromatic rings. The molecule has 0 saturated heterocycles. The average molecular weight is 232 g/mol. The fourth-order valence-corrected chi connectivity index (χ4v) is 1.78. The third-order valence-electron chi connectivity index (χ3n) is 2.53. The number of ether oxygens (including phenoxy) is 1. The van der Waals surface area contributed by atoms with Crippen LogP contribution in [0.3, 0.4) is 0 Å². The highest BCUT2D eigenvalue weighted by Crippen LogP contribution is 2.12. The molecule has 1 aromatic carbocycles. The van der Waals surface area contributed by atoms with E-state index in [-0.39, 0.29) is 5.97 Å². The quantitative estimate of drug-likeness (QED) is 0.574. The van der Waals surface area contributed by atoms with E-state index in [2.05, 4.69) is 19.1 Å². The topological polar surface area (TPSA) is 26.3 Å². The Bertz CT molecular complexity index is 379. The molecule has 17 heavy (non-hydrogen) atoms. The number of carbonyl (C=O) groups is 1. The maximum atomic E-state index is 11.4. The van der Waals surface area contributed by atoms with Crippen LogP contribution in [0.25, 0.3) is 0 Å². The predicted molar refractivity (Wildman–Crippen MR) is 69.7 cm³/mol. The highest BCUT2D eigenvalue weighted by atomic mass is 16.5. The van der Waals surface area contributed by atoms with Crippen molar-refractivity contribution >= 4 is 5.97 Å². The number of allylic oxidation sites excluding steroid dienone is 1. The van der Waals surface area contributed by atoms with Crippen LogP contribution in [0.1, 0.15) is 26.3 Å². The molecule has 0 N–H and O–H groups in total. The summed E-state index contributed by atoms with van der Waals surface area (Å²) in [6.07, 6.45) is 2.92. The van der Waals surface area contributed by atoms with Gasteiger partial charge in [0.2, 0.25) is 0 Å². The second-order valence-electron chi connectivity index (χ2n) is 4.24. The number of benzene rings is 1. The third kappa shape index (κ3) is 4.85. The van der Waals surface area contributed by atoms with Crippen molar-refractivity contribution < 1.29 is 9.53 Å². The molecule has 0 aliphatic rings. The van der Waals surface area contributed by atoms with Gasteiger partial charge >= 0.3 is 5.97 Å². The predicted octanol–water partition coefficient (Wildman–Crippen LogP) is 3.37. The molecule has 0 unspecified atom stereocenters. The van der Waals surface area contributed by atoms with Gasteiger partial charge in [0, 0.05) is 5.57 Å². The Morgan fingerprint density at radius 3 is 2.59 bits per heavy atom. The molecule has 0 saturated carbocycles. The fraction of sp³-hybridized carbons (Fsp3) is 0.400. The molecule has 0 heterocycles. The largest absolute Gasteiger partial charge is 0.463 e. The molecular weight excluding hydrogens is 212 g/mol. The van der Waals surface area contributed by atoms with Gasteiger partial charge in [-0.25, -0.2) is 4.79 Å². The number of hydrogen-bond donors (Lipinski definition) is 0. The van der Waals surface area contributed by atoms with Crippen molar-refractivity contribution in [2.24, 2.45) is 5.92 Å². The normalized spacial score (nSPS) is 13.2. The van der Waals surface area contributed by atoms with Crippen LogP contribution in [0, 0.1) is 5.92 Å². The molecule has 0 fully saturated rings. The van der Waals surface area contributed by atoms with Crippen LogP contribution in [-0.4, -0.2) is 12.6 Å². The second kappa shape index (κ2) is 6.89. The maximum absolute atomic E-state index is 11.4. The molecule has 1 atom stereocenters. The number of rotatable bonds is 5. The molecule has 0 aromatic heterocycles. The van der Waals surface area contributed by atoms with Gasteiger partial charge in [-0.2, -0.15) is 0 Å². The van der Waals surface area contributed by atoms with Crippen molar-refractivity contribution in [3.8, 4) is 0 Å². The molecule has 92 valence electrons. The lowest BCUT2D eigenvalue weighted by Crippen LogP contribution is -2.07. The van der Waals surface area contributed by atoms with Gasteiger partial charge in [0.25, 0.3) is 0 Å². The minimum atomic E-state index is -0.215. The van der Waals surface area contributed by atoms with Gasteiger partial charge in [-0.15, -0.1) is 0 Å². The van der Waals surface area contributed by atoms with Crippen molar-refractivity contribution in [3.05, 3.63) is 47.5 Å². The van der Waals surface area contributed by atoms with E-state index in [9.17, 15) is 4.79 Å². The number of carbonyl (C=O) groups excluding carboxylic acids is 1. The van der Waals surface area contributed by atoms with E-state index in [0.29, 0.717) is 18.1 Å². The first-order chi connectivity index (χ1) is 8.13. The van der Waals surface area contributed by atoms with Crippen LogP contribution in [0.5, 0.6) is 0 Å². The summed E-state index contributed by atoms with van der Waals surface area (Å²) in [5, 5.41) is 0. The van der Waals surface area contributed by atoms with Crippen molar-refractivity contribution in [2.75, 3.05) is 6.61 Å². The zero-order valence-electron chi connectivity index (χ0n) is 10.8. The van der Waals surface area contributed by atoms with Gasteiger partial charge in [-0.1, -0.05) is 43.3 Å². The van der Waals surface area contributed by atoms with Crippen LogP contribution in [0.4, 0.5) is 0 Å². The van der Waals surface area contributed by atoms with Gasteiger partial charge in [0.15, 0.2) is 0 Å². The van der Waals surface area contributed by atoms with Gasteiger partial charge in [-0.3, -0.25) is 0 Å². The van der Waals surface area contributed by atoms with Crippen molar-refractivity contribution in [2.45, 2.75) is 27.2 Å². The van der Waals surface area contributed by atoms with E-state index < -0.39 is 0 Å². The summed E-state index contributed by atoms with van der Waals surface area (Å²) in [7, 11) is 0. The first-order valence-corrected chi connectivity index (χ1v) is 6.03. The van der Waals surface area contributed by atoms with Crippen LogP contribution in [0.2, 0.25) is 0 Å². The summed E-state index contributed by atoms with van der Waals surface area (Å²) in [4.78, 5) is 11.4. The van der Waals surface area contributed by atoms with Crippen molar-refractivity contribution in [3.63, 3.8) is 0 Å². The molecule has 2 heteroatoms. The summed E-state index contributed by atoms with van der Waals surface area (Å²) in [6.45, 7) is 6.16. The van der Waals surface area contributed by atoms with E-state index in [1.165, 1.54) is 5.56 Å². The van der Waals surface area contributed by atoms with Gasteiger partial charge < -0.3 is 4.74 Å². The minimum Gasteiger partial charge on any atom is -0.463 e. The van der Waals surface area contributed by atoms with E-state index in [1.54, 1.807) is 6.92 Å². The monoisotopic (exact) mass is 232 g/mol. The highest BCUT2D eigenvalue weighted by molar-refractivity contribution is 5.87. The van der Waals surface area contributed by atoms with Crippen molar-refractivity contribution in [1.82, 2.24) is 0 Å². The van der Waals surface area contributed by atoms with Gasteiger partial charge in [0.1, 0.15) is 0 Å². The second-order valence-corrected chi connectivity index (χ2v) is 4.24. The summed E-state index contributed by atoms with van der Waals surface area (Å²) in [5.41, 5.74) is 1.98. The molecule has 0 radical (unpaired) electrons. The summed E-state index contributed by atoms with van der Waals surface area (Å²) < 4.78 is 4.95. The van der Waals surface area contributed by atoms with E-state index in [0.717, 1.165) is 6.42 Å². The van der Waals surface area contributed by atoms with Crippen LogP contribution < -0.4 is 0 Å². The summed E-state index contributed by atoms with van der Waals surface area (Å²) in [5.74, 6) is 0.120. The molecule has 0 aliphatic heterocycles. The Hall–Kier alpha value is -1.57. The molecule has 1 rings (SSSR count). The molecule has 0 amide bonds. The molecule has 2 nitrogen and oxygen atoms in total. The first kappa shape index (κ1) is 13.5. The average Bonchev–Trinajstić information content (AvgIpc) is 2.30. The Morgan fingerprint density at radius 2 is 2.00 bits per heavy atom. The third-order valence-corrected chi connectivity index (χ3v) is 2.53. The zero-order valence-corrected chi connectivity index (χ0v) is 10.8.